The highest BCUT2D eigenvalue weighted by Gasteiger charge is 2.16. The standard InChI is InChI=1S/C17H28N4/c1-6-8-18-17(13(2)3)15-7-9-21(11-15)12-16-10-14(4)19-20(16)5/h7,9-11,13,17-18H,6,8,12H2,1-5H3. The Bertz CT molecular complexity index is 565. The Hall–Kier alpha value is -1.55. The van der Waals surface area contributed by atoms with Gasteiger partial charge in [0.15, 0.2) is 0 Å². The lowest BCUT2D eigenvalue weighted by molar-refractivity contribution is 0.412. The topological polar surface area (TPSA) is 34.8 Å². The highest BCUT2D eigenvalue weighted by molar-refractivity contribution is 5.18. The van der Waals surface area contributed by atoms with Gasteiger partial charge in [-0.25, -0.2) is 0 Å². The third kappa shape index (κ3) is 3.97. The lowest BCUT2D eigenvalue weighted by atomic mass is 9.98. The molecule has 0 amide bonds. The minimum Gasteiger partial charge on any atom is -0.348 e. The van der Waals surface area contributed by atoms with E-state index in [0.717, 1.165) is 25.2 Å². The fourth-order valence-electron chi connectivity index (χ4n) is 2.78. The van der Waals surface area contributed by atoms with Crippen LogP contribution >= 0.6 is 0 Å². The van der Waals surface area contributed by atoms with Gasteiger partial charge in [-0.2, -0.15) is 5.10 Å². The zero-order valence-electron chi connectivity index (χ0n) is 13.9. The number of rotatable bonds is 7. The van der Waals surface area contributed by atoms with E-state index in [-0.39, 0.29) is 0 Å². The Kier molecular flexibility index (Phi) is 5.23. The summed E-state index contributed by atoms with van der Waals surface area (Å²) < 4.78 is 4.21. The van der Waals surface area contributed by atoms with Crippen molar-refractivity contribution in [3.05, 3.63) is 41.5 Å². The maximum absolute atomic E-state index is 4.41. The van der Waals surface area contributed by atoms with E-state index in [1.54, 1.807) is 0 Å². The van der Waals surface area contributed by atoms with Crippen molar-refractivity contribution in [2.45, 2.75) is 46.7 Å². The molecular weight excluding hydrogens is 260 g/mol. The van der Waals surface area contributed by atoms with Crippen molar-refractivity contribution in [2.24, 2.45) is 13.0 Å². The zero-order chi connectivity index (χ0) is 15.4. The van der Waals surface area contributed by atoms with E-state index in [2.05, 4.69) is 60.3 Å². The number of aromatic nitrogens is 3. The number of hydrogen-bond donors (Lipinski definition) is 1. The van der Waals surface area contributed by atoms with E-state index in [9.17, 15) is 0 Å². The van der Waals surface area contributed by atoms with Crippen molar-refractivity contribution in [1.29, 1.82) is 0 Å². The molecule has 0 bridgehead atoms. The molecule has 2 heterocycles. The molecule has 2 aromatic rings. The minimum atomic E-state index is 0.430. The molecule has 4 heteroatoms. The molecule has 1 unspecified atom stereocenters. The summed E-state index contributed by atoms with van der Waals surface area (Å²) in [4.78, 5) is 0. The van der Waals surface area contributed by atoms with Crippen LogP contribution in [0.3, 0.4) is 0 Å². The normalized spacial score (nSPS) is 13.0. The molecular formula is C17H28N4. The SMILES string of the molecule is CCCNC(c1ccn(Cc2cc(C)nn2C)c1)C(C)C. The van der Waals surface area contributed by atoms with Crippen molar-refractivity contribution in [1.82, 2.24) is 19.7 Å². The molecule has 0 radical (unpaired) electrons. The van der Waals surface area contributed by atoms with Gasteiger partial charge in [0.2, 0.25) is 0 Å². The molecule has 2 aromatic heterocycles. The van der Waals surface area contributed by atoms with Crippen molar-refractivity contribution < 1.29 is 0 Å². The van der Waals surface area contributed by atoms with Gasteiger partial charge in [-0.15, -0.1) is 0 Å². The van der Waals surface area contributed by atoms with Crippen LogP contribution in [0.5, 0.6) is 0 Å². The van der Waals surface area contributed by atoms with Gasteiger partial charge in [-0.1, -0.05) is 20.8 Å². The first kappa shape index (κ1) is 15.8. The van der Waals surface area contributed by atoms with Gasteiger partial charge in [0, 0.05) is 25.5 Å². The average molecular weight is 288 g/mol. The molecule has 1 N–H and O–H groups in total. The van der Waals surface area contributed by atoms with Gasteiger partial charge in [-0.05, 0) is 43.5 Å². The Morgan fingerprint density at radius 1 is 1.33 bits per heavy atom. The van der Waals surface area contributed by atoms with Crippen LogP contribution in [0.1, 0.15) is 50.2 Å². The lowest BCUT2D eigenvalue weighted by Gasteiger charge is -2.21. The molecule has 0 aliphatic carbocycles. The van der Waals surface area contributed by atoms with Crippen LogP contribution in [0.25, 0.3) is 0 Å². The van der Waals surface area contributed by atoms with E-state index in [1.807, 2.05) is 18.7 Å². The average Bonchev–Trinajstić information content (AvgIpc) is 2.98. The molecule has 0 saturated heterocycles. The second kappa shape index (κ2) is 6.94. The Balaban J connectivity index is 2.10. The van der Waals surface area contributed by atoms with Crippen LogP contribution < -0.4 is 5.32 Å². The number of nitrogens with zero attached hydrogens (tertiary/aromatic N) is 3. The Labute approximate surface area is 128 Å². The fraction of sp³-hybridized carbons (Fsp3) is 0.588. The second-order valence-corrected chi connectivity index (χ2v) is 6.19. The summed E-state index contributed by atoms with van der Waals surface area (Å²) >= 11 is 0. The van der Waals surface area contributed by atoms with E-state index in [0.29, 0.717) is 12.0 Å². The fourth-order valence-corrected chi connectivity index (χ4v) is 2.78. The summed E-state index contributed by atoms with van der Waals surface area (Å²) in [5.41, 5.74) is 3.68. The van der Waals surface area contributed by atoms with Crippen molar-refractivity contribution in [3.63, 3.8) is 0 Å². The summed E-state index contributed by atoms with van der Waals surface area (Å²) in [6, 6.07) is 4.81. The maximum Gasteiger partial charge on any atom is 0.0639 e. The van der Waals surface area contributed by atoms with Crippen LogP contribution in [0.15, 0.2) is 24.5 Å². The number of nitrogens with one attached hydrogen (secondary N) is 1. The number of hydrogen-bond acceptors (Lipinski definition) is 2. The van der Waals surface area contributed by atoms with Gasteiger partial charge in [0.25, 0.3) is 0 Å². The van der Waals surface area contributed by atoms with Crippen LogP contribution in [-0.2, 0) is 13.6 Å². The van der Waals surface area contributed by atoms with Crippen LogP contribution in [0.4, 0.5) is 0 Å². The van der Waals surface area contributed by atoms with Gasteiger partial charge in [0.1, 0.15) is 0 Å². The molecule has 2 rings (SSSR count). The van der Waals surface area contributed by atoms with Crippen LogP contribution in [0, 0.1) is 12.8 Å². The second-order valence-electron chi connectivity index (χ2n) is 6.19. The van der Waals surface area contributed by atoms with Crippen molar-refractivity contribution >= 4 is 0 Å². The summed E-state index contributed by atoms with van der Waals surface area (Å²) in [5, 5.41) is 8.06. The molecule has 1 atom stereocenters. The molecule has 0 spiro atoms. The largest absolute Gasteiger partial charge is 0.348 e. The maximum atomic E-state index is 4.41. The van der Waals surface area contributed by atoms with E-state index in [4.69, 9.17) is 0 Å². The minimum absolute atomic E-state index is 0.430. The number of aryl methyl sites for hydroxylation is 2. The van der Waals surface area contributed by atoms with Crippen LogP contribution in [-0.4, -0.2) is 20.9 Å². The summed E-state index contributed by atoms with van der Waals surface area (Å²) in [7, 11) is 2.01. The Morgan fingerprint density at radius 3 is 2.67 bits per heavy atom. The van der Waals surface area contributed by atoms with Gasteiger partial charge in [0.05, 0.1) is 17.9 Å². The third-order valence-electron chi connectivity index (χ3n) is 3.86. The smallest absolute Gasteiger partial charge is 0.0639 e. The highest BCUT2D eigenvalue weighted by Crippen LogP contribution is 2.22. The third-order valence-corrected chi connectivity index (χ3v) is 3.86. The first-order valence-corrected chi connectivity index (χ1v) is 7.89. The zero-order valence-corrected chi connectivity index (χ0v) is 13.9. The van der Waals surface area contributed by atoms with E-state index in [1.165, 1.54) is 11.3 Å². The summed E-state index contributed by atoms with van der Waals surface area (Å²) in [5.74, 6) is 0.589. The molecule has 4 nitrogen and oxygen atoms in total. The van der Waals surface area contributed by atoms with Gasteiger partial charge >= 0.3 is 0 Å². The molecule has 0 fully saturated rings. The van der Waals surface area contributed by atoms with Gasteiger partial charge in [-0.3, -0.25) is 4.68 Å². The predicted molar refractivity (Wildman–Crippen MR) is 87.4 cm³/mol. The van der Waals surface area contributed by atoms with Crippen molar-refractivity contribution in [3.8, 4) is 0 Å². The van der Waals surface area contributed by atoms with E-state index < -0.39 is 0 Å². The molecule has 0 aromatic carbocycles. The molecule has 21 heavy (non-hydrogen) atoms. The summed E-state index contributed by atoms with van der Waals surface area (Å²) in [6.07, 6.45) is 5.59. The van der Waals surface area contributed by atoms with E-state index >= 15 is 0 Å². The monoisotopic (exact) mass is 288 g/mol. The highest BCUT2D eigenvalue weighted by atomic mass is 15.3. The lowest BCUT2D eigenvalue weighted by Crippen LogP contribution is -2.26. The quantitative estimate of drug-likeness (QED) is 0.848. The predicted octanol–water partition coefficient (Wildman–Crippen LogP) is 3.28. The van der Waals surface area contributed by atoms with Crippen LogP contribution in [0.2, 0.25) is 0 Å². The molecule has 116 valence electrons. The van der Waals surface area contributed by atoms with Gasteiger partial charge < -0.3 is 9.88 Å². The van der Waals surface area contributed by atoms with Crippen molar-refractivity contribution in [2.75, 3.05) is 6.54 Å². The Morgan fingerprint density at radius 2 is 2.10 bits per heavy atom. The molecule has 0 aliphatic heterocycles. The first-order chi connectivity index (χ1) is 10.0. The molecule has 0 saturated carbocycles. The first-order valence-electron chi connectivity index (χ1n) is 7.89. The molecule has 0 aliphatic rings. The summed E-state index contributed by atoms with van der Waals surface area (Å²) in [6.45, 7) is 10.7.